The fourth-order valence-electron chi connectivity index (χ4n) is 1.97. The number of benzene rings is 1. The Bertz CT molecular complexity index is 329. The van der Waals surface area contributed by atoms with E-state index < -0.39 is 0 Å². The van der Waals surface area contributed by atoms with Crippen molar-refractivity contribution in [2.45, 2.75) is 32.4 Å². The van der Waals surface area contributed by atoms with Crippen molar-refractivity contribution in [3.05, 3.63) is 35.4 Å². The molecule has 0 aromatic heterocycles. The van der Waals surface area contributed by atoms with Crippen LogP contribution >= 0.6 is 0 Å². The van der Waals surface area contributed by atoms with Crippen LogP contribution in [0.3, 0.4) is 0 Å². The van der Waals surface area contributed by atoms with E-state index in [0.717, 1.165) is 13.2 Å². The molecule has 0 aliphatic carbocycles. The first-order valence-electron chi connectivity index (χ1n) is 5.49. The van der Waals surface area contributed by atoms with Crippen LogP contribution < -0.4 is 5.32 Å². The molecule has 0 saturated carbocycles. The fourth-order valence-corrected chi connectivity index (χ4v) is 1.97. The van der Waals surface area contributed by atoms with Crippen LogP contribution in [0.5, 0.6) is 0 Å². The lowest BCUT2D eigenvalue weighted by atomic mass is 9.98. The minimum absolute atomic E-state index is 0.0772. The van der Waals surface area contributed by atoms with Crippen molar-refractivity contribution in [3.63, 3.8) is 0 Å². The average Bonchev–Trinajstić information content (AvgIpc) is 2.17. The van der Waals surface area contributed by atoms with Crippen LogP contribution in [-0.4, -0.2) is 18.8 Å². The molecule has 0 radical (unpaired) electrons. The number of rotatable bonds is 1. The monoisotopic (exact) mass is 205 g/mol. The van der Waals surface area contributed by atoms with E-state index in [4.69, 9.17) is 4.74 Å². The van der Waals surface area contributed by atoms with E-state index in [1.54, 1.807) is 0 Å². The predicted molar refractivity (Wildman–Crippen MR) is 62.0 cm³/mol. The zero-order chi connectivity index (χ0) is 10.9. The molecule has 1 saturated heterocycles. The Morgan fingerprint density at radius 2 is 1.93 bits per heavy atom. The zero-order valence-corrected chi connectivity index (χ0v) is 9.71. The Hall–Kier alpha value is -0.860. The molecule has 0 amide bonds. The summed E-state index contributed by atoms with van der Waals surface area (Å²) in [7, 11) is 0. The third-order valence-corrected chi connectivity index (χ3v) is 2.79. The second-order valence-corrected chi connectivity index (χ2v) is 5.01. The van der Waals surface area contributed by atoms with Gasteiger partial charge in [0.05, 0.1) is 19.3 Å². The Labute approximate surface area is 91.6 Å². The highest BCUT2D eigenvalue weighted by Gasteiger charge is 2.28. The summed E-state index contributed by atoms with van der Waals surface area (Å²) in [5.41, 5.74) is 2.69. The van der Waals surface area contributed by atoms with Gasteiger partial charge in [0.25, 0.3) is 0 Å². The quantitative estimate of drug-likeness (QED) is 0.760. The van der Waals surface area contributed by atoms with Gasteiger partial charge < -0.3 is 10.1 Å². The zero-order valence-electron chi connectivity index (χ0n) is 9.71. The van der Waals surface area contributed by atoms with Gasteiger partial charge in [-0.25, -0.2) is 0 Å². The minimum Gasteiger partial charge on any atom is -0.378 e. The molecule has 1 fully saturated rings. The van der Waals surface area contributed by atoms with E-state index >= 15 is 0 Å². The van der Waals surface area contributed by atoms with Crippen LogP contribution in [0.15, 0.2) is 24.3 Å². The second-order valence-electron chi connectivity index (χ2n) is 5.01. The smallest absolute Gasteiger partial charge is 0.0662 e. The molecular formula is C13H19NO. The van der Waals surface area contributed by atoms with E-state index in [1.807, 2.05) is 0 Å². The Morgan fingerprint density at radius 3 is 2.53 bits per heavy atom. The molecule has 1 heterocycles. The van der Waals surface area contributed by atoms with Gasteiger partial charge in [0.1, 0.15) is 0 Å². The molecule has 0 bridgehead atoms. The number of aryl methyl sites for hydroxylation is 1. The lowest BCUT2D eigenvalue weighted by Gasteiger charge is -2.37. The topological polar surface area (TPSA) is 21.3 Å². The normalized spacial score (nSPS) is 25.1. The lowest BCUT2D eigenvalue weighted by molar-refractivity contribution is 0.0127. The van der Waals surface area contributed by atoms with Gasteiger partial charge >= 0.3 is 0 Å². The first-order valence-corrected chi connectivity index (χ1v) is 5.49. The molecule has 1 N–H and O–H groups in total. The molecule has 1 aromatic rings. The van der Waals surface area contributed by atoms with E-state index in [-0.39, 0.29) is 5.54 Å². The standard InChI is InChI=1S/C13H19NO/c1-10-4-6-11(7-5-10)12-8-15-9-13(2,3)14-12/h4-7,12,14H,8-9H2,1-3H3. The van der Waals surface area contributed by atoms with E-state index in [1.165, 1.54) is 11.1 Å². The van der Waals surface area contributed by atoms with Crippen LogP contribution in [0.4, 0.5) is 0 Å². The van der Waals surface area contributed by atoms with Crippen LogP contribution in [-0.2, 0) is 4.74 Å². The average molecular weight is 205 g/mol. The van der Waals surface area contributed by atoms with E-state index in [9.17, 15) is 0 Å². The number of hydrogen-bond acceptors (Lipinski definition) is 2. The number of ether oxygens (including phenoxy) is 1. The summed E-state index contributed by atoms with van der Waals surface area (Å²) in [5.74, 6) is 0. The van der Waals surface area contributed by atoms with Crippen molar-refractivity contribution in [1.29, 1.82) is 0 Å². The SMILES string of the molecule is Cc1ccc(C2COCC(C)(C)N2)cc1. The summed E-state index contributed by atoms with van der Waals surface area (Å²) >= 11 is 0. The van der Waals surface area contributed by atoms with Gasteiger partial charge in [0.15, 0.2) is 0 Å². The second kappa shape index (κ2) is 3.95. The molecule has 1 aliphatic heterocycles. The van der Waals surface area contributed by atoms with E-state index in [0.29, 0.717) is 6.04 Å². The minimum atomic E-state index is 0.0772. The molecule has 1 aromatic carbocycles. The molecule has 1 aliphatic rings. The highest BCUT2D eigenvalue weighted by Crippen LogP contribution is 2.22. The van der Waals surface area contributed by atoms with Gasteiger partial charge in [-0.15, -0.1) is 0 Å². The molecule has 2 heteroatoms. The number of nitrogens with one attached hydrogen (secondary N) is 1. The maximum atomic E-state index is 5.62. The fraction of sp³-hybridized carbons (Fsp3) is 0.538. The van der Waals surface area contributed by atoms with Crippen molar-refractivity contribution in [2.24, 2.45) is 0 Å². The van der Waals surface area contributed by atoms with Gasteiger partial charge in [-0.2, -0.15) is 0 Å². The molecule has 82 valence electrons. The van der Waals surface area contributed by atoms with Crippen molar-refractivity contribution < 1.29 is 4.74 Å². The summed E-state index contributed by atoms with van der Waals surface area (Å²) in [4.78, 5) is 0. The Morgan fingerprint density at radius 1 is 1.27 bits per heavy atom. The first-order chi connectivity index (χ1) is 7.07. The highest BCUT2D eigenvalue weighted by atomic mass is 16.5. The lowest BCUT2D eigenvalue weighted by Crippen LogP contribution is -2.51. The van der Waals surface area contributed by atoms with Gasteiger partial charge in [-0.1, -0.05) is 29.8 Å². The van der Waals surface area contributed by atoms with Crippen molar-refractivity contribution in [1.82, 2.24) is 5.32 Å². The maximum absolute atomic E-state index is 5.62. The van der Waals surface area contributed by atoms with Crippen LogP contribution in [0.25, 0.3) is 0 Å². The van der Waals surface area contributed by atoms with Crippen molar-refractivity contribution in [3.8, 4) is 0 Å². The summed E-state index contributed by atoms with van der Waals surface area (Å²) in [6, 6.07) is 8.99. The highest BCUT2D eigenvalue weighted by molar-refractivity contribution is 5.24. The van der Waals surface area contributed by atoms with Crippen LogP contribution in [0.2, 0.25) is 0 Å². The van der Waals surface area contributed by atoms with Gasteiger partial charge in [0, 0.05) is 5.54 Å². The summed E-state index contributed by atoms with van der Waals surface area (Å²) < 4.78 is 5.62. The largest absolute Gasteiger partial charge is 0.378 e. The third-order valence-electron chi connectivity index (χ3n) is 2.79. The first kappa shape index (κ1) is 10.7. The Balaban J connectivity index is 2.13. The molecule has 1 unspecified atom stereocenters. The summed E-state index contributed by atoms with van der Waals surface area (Å²) in [6.07, 6.45) is 0. The van der Waals surface area contributed by atoms with Crippen molar-refractivity contribution >= 4 is 0 Å². The van der Waals surface area contributed by atoms with Crippen LogP contribution in [0.1, 0.15) is 31.0 Å². The van der Waals surface area contributed by atoms with Gasteiger partial charge in [-0.05, 0) is 26.3 Å². The molecule has 1 atom stereocenters. The number of hydrogen-bond donors (Lipinski definition) is 1. The van der Waals surface area contributed by atoms with Crippen molar-refractivity contribution in [2.75, 3.05) is 13.2 Å². The van der Waals surface area contributed by atoms with Crippen LogP contribution in [0, 0.1) is 6.92 Å². The molecular weight excluding hydrogens is 186 g/mol. The summed E-state index contributed by atoms with van der Waals surface area (Å²) in [5, 5.41) is 3.60. The number of morpholine rings is 1. The third kappa shape index (κ3) is 2.58. The van der Waals surface area contributed by atoms with Gasteiger partial charge in [0.2, 0.25) is 0 Å². The maximum Gasteiger partial charge on any atom is 0.0662 e. The molecule has 2 nitrogen and oxygen atoms in total. The molecule has 15 heavy (non-hydrogen) atoms. The summed E-state index contributed by atoms with van der Waals surface area (Å²) in [6.45, 7) is 8.01. The van der Waals surface area contributed by atoms with E-state index in [2.05, 4.69) is 50.4 Å². The van der Waals surface area contributed by atoms with Gasteiger partial charge in [-0.3, -0.25) is 0 Å². The molecule has 2 rings (SSSR count). The molecule has 0 spiro atoms. The Kier molecular flexibility index (Phi) is 2.81. The predicted octanol–water partition coefficient (Wildman–Crippen LogP) is 2.43.